The lowest BCUT2D eigenvalue weighted by atomic mass is 9.90. The highest BCUT2D eigenvalue weighted by Crippen LogP contribution is 2.25. The third-order valence-corrected chi connectivity index (χ3v) is 3.47. The van der Waals surface area contributed by atoms with Crippen molar-refractivity contribution in [3.05, 3.63) is 22.4 Å². The molecule has 0 saturated carbocycles. The second-order valence-electron chi connectivity index (χ2n) is 4.39. The number of rotatable bonds is 5. The van der Waals surface area contributed by atoms with Crippen molar-refractivity contribution >= 4 is 11.3 Å². The summed E-state index contributed by atoms with van der Waals surface area (Å²) in [5, 5.41) is 7.91. The molecule has 0 radical (unpaired) electrons. The molecule has 2 unspecified atom stereocenters. The van der Waals surface area contributed by atoms with Crippen LogP contribution in [0.5, 0.6) is 0 Å². The van der Waals surface area contributed by atoms with E-state index in [9.17, 15) is 0 Å². The molecule has 0 aliphatic heterocycles. The maximum absolute atomic E-state index is 3.49. The van der Waals surface area contributed by atoms with E-state index in [1.807, 2.05) is 0 Å². The number of thiophene rings is 1. The van der Waals surface area contributed by atoms with Crippen LogP contribution < -0.4 is 5.32 Å². The summed E-state index contributed by atoms with van der Waals surface area (Å²) < 4.78 is 0. The Hall–Kier alpha value is -0.340. The van der Waals surface area contributed by atoms with E-state index in [0.29, 0.717) is 17.9 Å². The largest absolute Gasteiger partial charge is 0.314 e. The molecule has 2 heteroatoms. The fourth-order valence-corrected chi connectivity index (χ4v) is 2.23. The highest BCUT2D eigenvalue weighted by molar-refractivity contribution is 7.07. The van der Waals surface area contributed by atoms with Gasteiger partial charge in [0.05, 0.1) is 0 Å². The number of hydrogen-bond acceptors (Lipinski definition) is 2. The van der Waals surface area contributed by atoms with Gasteiger partial charge in [-0.1, -0.05) is 27.7 Å². The molecule has 0 saturated heterocycles. The molecule has 1 nitrogen and oxygen atoms in total. The van der Waals surface area contributed by atoms with Crippen LogP contribution in [0.4, 0.5) is 0 Å². The second kappa shape index (κ2) is 5.52. The Morgan fingerprint density at radius 2 is 2.00 bits per heavy atom. The second-order valence-corrected chi connectivity index (χ2v) is 5.17. The van der Waals surface area contributed by atoms with Crippen LogP contribution in [0.2, 0.25) is 0 Å². The van der Waals surface area contributed by atoms with Crippen LogP contribution in [-0.2, 0) is 0 Å². The average molecular weight is 211 g/mol. The Morgan fingerprint density at radius 3 is 2.50 bits per heavy atom. The van der Waals surface area contributed by atoms with E-state index in [1.54, 1.807) is 11.3 Å². The predicted molar refractivity (Wildman–Crippen MR) is 65.0 cm³/mol. The Kier molecular flexibility index (Phi) is 4.63. The van der Waals surface area contributed by atoms with Crippen LogP contribution in [0.3, 0.4) is 0 Å². The fraction of sp³-hybridized carbons (Fsp3) is 0.667. The van der Waals surface area contributed by atoms with Crippen LogP contribution in [0, 0.1) is 5.92 Å². The van der Waals surface area contributed by atoms with Gasteiger partial charge in [0.2, 0.25) is 0 Å². The first-order valence-electron chi connectivity index (χ1n) is 5.36. The SMILES string of the molecule is CC(C)NCC(C)C(C)c1ccsc1. The Balaban J connectivity index is 2.41. The van der Waals surface area contributed by atoms with Gasteiger partial charge in [0.25, 0.3) is 0 Å². The highest BCUT2D eigenvalue weighted by Gasteiger charge is 2.14. The summed E-state index contributed by atoms with van der Waals surface area (Å²) in [5.41, 5.74) is 1.48. The summed E-state index contributed by atoms with van der Waals surface area (Å²) in [6.07, 6.45) is 0. The van der Waals surface area contributed by atoms with Gasteiger partial charge in [-0.25, -0.2) is 0 Å². The van der Waals surface area contributed by atoms with Crippen molar-refractivity contribution in [1.82, 2.24) is 5.32 Å². The van der Waals surface area contributed by atoms with Crippen molar-refractivity contribution in [3.63, 3.8) is 0 Å². The van der Waals surface area contributed by atoms with Crippen LogP contribution >= 0.6 is 11.3 Å². The van der Waals surface area contributed by atoms with Crippen molar-refractivity contribution in [1.29, 1.82) is 0 Å². The van der Waals surface area contributed by atoms with Gasteiger partial charge in [0, 0.05) is 6.04 Å². The first-order chi connectivity index (χ1) is 6.61. The van der Waals surface area contributed by atoms with E-state index in [4.69, 9.17) is 0 Å². The molecule has 1 aromatic heterocycles. The molecule has 2 atom stereocenters. The lowest BCUT2D eigenvalue weighted by Gasteiger charge is -2.20. The maximum Gasteiger partial charge on any atom is 0.00104 e. The lowest BCUT2D eigenvalue weighted by molar-refractivity contribution is 0.427. The summed E-state index contributed by atoms with van der Waals surface area (Å²) in [6, 6.07) is 2.83. The molecule has 80 valence electrons. The Morgan fingerprint density at radius 1 is 1.29 bits per heavy atom. The van der Waals surface area contributed by atoms with E-state index >= 15 is 0 Å². The van der Waals surface area contributed by atoms with Gasteiger partial charge >= 0.3 is 0 Å². The molecule has 0 aliphatic carbocycles. The zero-order chi connectivity index (χ0) is 10.6. The number of nitrogens with one attached hydrogen (secondary N) is 1. The average Bonchev–Trinajstić information content (AvgIpc) is 2.65. The van der Waals surface area contributed by atoms with Crippen molar-refractivity contribution in [2.24, 2.45) is 5.92 Å². The van der Waals surface area contributed by atoms with E-state index in [1.165, 1.54) is 5.56 Å². The van der Waals surface area contributed by atoms with Crippen LogP contribution in [-0.4, -0.2) is 12.6 Å². The molecule has 0 aromatic carbocycles. The zero-order valence-electron chi connectivity index (χ0n) is 9.58. The maximum atomic E-state index is 3.49. The summed E-state index contributed by atoms with van der Waals surface area (Å²) in [5.74, 6) is 1.36. The summed E-state index contributed by atoms with van der Waals surface area (Å²) in [6.45, 7) is 10.1. The molecule has 1 rings (SSSR count). The van der Waals surface area contributed by atoms with Gasteiger partial charge in [-0.15, -0.1) is 0 Å². The van der Waals surface area contributed by atoms with Crippen molar-refractivity contribution in [2.45, 2.75) is 39.7 Å². The van der Waals surface area contributed by atoms with Gasteiger partial charge < -0.3 is 5.32 Å². The minimum absolute atomic E-state index is 0.590. The molecule has 0 spiro atoms. The molecular weight excluding hydrogens is 190 g/mol. The van der Waals surface area contributed by atoms with Crippen molar-refractivity contribution < 1.29 is 0 Å². The Bertz CT molecular complexity index is 241. The summed E-state index contributed by atoms with van der Waals surface area (Å²) >= 11 is 1.79. The first-order valence-corrected chi connectivity index (χ1v) is 6.31. The first kappa shape index (κ1) is 11.7. The standard InChI is InChI=1S/C12H21NS/c1-9(2)13-7-10(3)11(4)12-5-6-14-8-12/h5-6,8-11,13H,7H2,1-4H3. The summed E-state index contributed by atoms with van der Waals surface area (Å²) in [7, 11) is 0. The quantitative estimate of drug-likeness (QED) is 0.786. The van der Waals surface area contributed by atoms with Crippen LogP contribution in [0.1, 0.15) is 39.2 Å². The fourth-order valence-electron chi connectivity index (χ4n) is 1.46. The third kappa shape index (κ3) is 3.43. The van der Waals surface area contributed by atoms with E-state index in [-0.39, 0.29) is 0 Å². The third-order valence-electron chi connectivity index (χ3n) is 2.77. The van der Waals surface area contributed by atoms with Gasteiger partial charge in [-0.05, 0) is 40.8 Å². The van der Waals surface area contributed by atoms with Gasteiger partial charge in [0.15, 0.2) is 0 Å². The smallest absolute Gasteiger partial charge is 0.00104 e. The molecule has 14 heavy (non-hydrogen) atoms. The van der Waals surface area contributed by atoms with Crippen molar-refractivity contribution in [3.8, 4) is 0 Å². The minimum Gasteiger partial charge on any atom is -0.314 e. The van der Waals surface area contributed by atoms with Gasteiger partial charge in [-0.2, -0.15) is 11.3 Å². The molecular formula is C12H21NS. The molecule has 0 bridgehead atoms. The molecule has 1 heterocycles. The highest BCUT2D eigenvalue weighted by atomic mass is 32.1. The zero-order valence-corrected chi connectivity index (χ0v) is 10.4. The molecule has 0 aliphatic rings. The predicted octanol–water partition coefficient (Wildman–Crippen LogP) is 3.49. The molecule has 0 amide bonds. The van der Waals surface area contributed by atoms with Gasteiger partial charge in [-0.3, -0.25) is 0 Å². The van der Waals surface area contributed by atoms with E-state index < -0.39 is 0 Å². The monoisotopic (exact) mass is 211 g/mol. The lowest BCUT2D eigenvalue weighted by Crippen LogP contribution is -2.29. The Labute approximate surface area is 91.5 Å². The van der Waals surface area contributed by atoms with Gasteiger partial charge in [0.1, 0.15) is 0 Å². The molecule has 1 aromatic rings. The summed E-state index contributed by atoms with van der Waals surface area (Å²) in [4.78, 5) is 0. The topological polar surface area (TPSA) is 12.0 Å². The molecule has 1 N–H and O–H groups in total. The minimum atomic E-state index is 0.590. The number of hydrogen-bond donors (Lipinski definition) is 1. The van der Waals surface area contributed by atoms with Crippen LogP contribution in [0.15, 0.2) is 16.8 Å². The van der Waals surface area contributed by atoms with E-state index in [2.05, 4.69) is 49.8 Å². The normalized spacial score (nSPS) is 15.8. The van der Waals surface area contributed by atoms with Crippen LogP contribution in [0.25, 0.3) is 0 Å². The molecule has 0 fully saturated rings. The van der Waals surface area contributed by atoms with Crippen molar-refractivity contribution in [2.75, 3.05) is 6.54 Å². The van der Waals surface area contributed by atoms with E-state index in [0.717, 1.165) is 6.54 Å².